The summed E-state index contributed by atoms with van der Waals surface area (Å²) >= 11 is 3.50. The summed E-state index contributed by atoms with van der Waals surface area (Å²) < 4.78 is 28.1. The van der Waals surface area contributed by atoms with Crippen molar-refractivity contribution in [3.63, 3.8) is 0 Å². The Labute approximate surface area is 164 Å². The van der Waals surface area contributed by atoms with Crippen molar-refractivity contribution in [3.05, 3.63) is 51.3 Å². The number of methoxy groups -OCH3 is 2. The van der Waals surface area contributed by atoms with Crippen LogP contribution in [0.4, 0.5) is 0 Å². The molecule has 0 fully saturated rings. The van der Waals surface area contributed by atoms with E-state index in [0.29, 0.717) is 38.8 Å². The highest BCUT2D eigenvalue weighted by molar-refractivity contribution is 9.10. The maximum atomic E-state index is 9.72. The van der Waals surface area contributed by atoms with E-state index in [2.05, 4.69) is 22.0 Å². The van der Waals surface area contributed by atoms with E-state index in [0.717, 1.165) is 11.1 Å². The first-order valence-corrected chi connectivity index (χ1v) is 8.79. The number of rotatable bonds is 3. The Morgan fingerprint density at radius 3 is 2.52 bits per heavy atom. The van der Waals surface area contributed by atoms with Crippen molar-refractivity contribution in [2.24, 2.45) is 5.73 Å². The van der Waals surface area contributed by atoms with Crippen molar-refractivity contribution >= 4 is 15.9 Å². The number of ether oxygens (including phenoxy) is 5. The molecule has 2 N–H and O–H groups in total. The molecule has 2 aliphatic heterocycles. The van der Waals surface area contributed by atoms with E-state index in [1.807, 2.05) is 18.2 Å². The quantitative estimate of drug-likeness (QED) is 0.796. The minimum Gasteiger partial charge on any atom is -0.493 e. The van der Waals surface area contributed by atoms with Crippen LogP contribution in [0.15, 0.2) is 40.2 Å². The van der Waals surface area contributed by atoms with Crippen LogP contribution < -0.4 is 29.4 Å². The molecule has 0 aromatic heterocycles. The minimum absolute atomic E-state index is 0.0553. The summed E-state index contributed by atoms with van der Waals surface area (Å²) in [6.07, 6.45) is 0. The lowest BCUT2D eigenvalue weighted by Crippen LogP contribution is -2.21. The van der Waals surface area contributed by atoms with Gasteiger partial charge in [-0.2, -0.15) is 5.26 Å². The molecule has 2 aromatic carbocycles. The lowest BCUT2D eigenvalue weighted by atomic mass is 9.83. The number of nitriles is 1. The topological polar surface area (TPSA) is 96.0 Å². The molecule has 2 heterocycles. The van der Waals surface area contributed by atoms with Gasteiger partial charge in [-0.15, -0.1) is 0 Å². The molecule has 0 spiro atoms. The highest BCUT2D eigenvalue weighted by Crippen LogP contribution is 2.49. The molecule has 0 bridgehead atoms. The zero-order chi connectivity index (χ0) is 19.1. The van der Waals surface area contributed by atoms with E-state index in [1.54, 1.807) is 20.3 Å². The molecule has 0 saturated carbocycles. The maximum Gasteiger partial charge on any atom is 0.231 e. The molecule has 2 aromatic rings. The number of allylic oxidation sites excluding steroid dienone is 1. The van der Waals surface area contributed by atoms with Crippen LogP contribution in [-0.4, -0.2) is 21.0 Å². The molecule has 0 saturated heterocycles. The summed E-state index contributed by atoms with van der Waals surface area (Å²) in [6, 6.07) is 9.40. The summed E-state index contributed by atoms with van der Waals surface area (Å²) in [4.78, 5) is 0. The summed E-state index contributed by atoms with van der Waals surface area (Å²) in [5.74, 6) is 2.39. The summed E-state index contributed by atoms with van der Waals surface area (Å²) in [7, 11) is 3.12. The van der Waals surface area contributed by atoms with Gasteiger partial charge in [-0.25, -0.2) is 0 Å². The van der Waals surface area contributed by atoms with Crippen molar-refractivity contribution in [2.75, 3.05) is 21.0 Å². The van der Waals surface area contributed by atoms with Gasteiger partial charge in [-0.3, -0.25) is 0 Å². The molecule has 1 atom stereocenters. The number of nitrogens with two attached hydrogens (primary N) is 1. The van der Waals surface area contributed by atoms with Crippen molar-refractivity contribution < 1.29 is 23.7 Å². The second kappa shape index (κ2) is 6.59. The normalized spacial score (nSPS) is 17.0. The van der Waals surface area contributed by atoms with Gasteiger partial charge in [0, 0.05) is 11.6 Å². The van der Waals surface area contributed by atoms with Crippen molar-refractivity contribution in [1.29, 1.82) is 5.26 Å². The monoisotopic (exact) mass is 430 g/mol. The first kappa shape index (κ1) is 17.4. The molecule has 0 aliphatic carbocycles. The summed E-state index contributed by atoms with van der Waals surface area (Å²) in [6.45, 7) is 0.138. The number of benzene rings is 2. The van der Waals surface area contributed by atoms with Crippen LogP contribution in [0.5, 0.6) is 28.7 Å². The lowest BCUT2D eigenvalue weighted by molar-refractivity contribution is 0.174. The number of hydrogen-bond donors (Lipinski definition) is 1. The van der Waals surface area contributed by atoms with E-state index in [4.69, 9.17) is 29.4 Å². The fourth-order valence-corrected chi connectivity index (χ4v) is 3.92. The van der Waals surface area contributed by atoms with Crippen molar-refractivity contribution in [3.8, 4) is 34.8 Å². The van der Waals surface area contributed by atoms with Gasteiger partial charge in [0.1, 0.15) is 17.4 Å². The molecule has 0 amide bonds. The predicted molar refractivity (Wildman–Crippen MR) is 99.1 cm³/mol. The fourth-order valence-electron chi connectivity index (χ4n) is 3.29. The average molecular weight is 431 g/mol. The maximum absolute atomic E-state index is 9.72. The molecule has 27 heavy (non-hydrogen) atoms. The van der Waals surface area contributed by atoms with E-state index in [-0.39, 0.29) is 12.7 Å². The van der Waals surface area contributed by atoms with Crippen LogP contribution in [0.1, 0.15) is 17.0 Å². The Morgan fingerprint density at radius 2 is 1.85 bits per heavy atom. The van der Waals surface area contributed by atoms with Crippen LogP contribution in [0, 0.1) is 11.3 Å². The van der Waals surface area contributed by atoms with Crippen molar-refractivity contribution in [2.45, 2.75) is 5.92 Å². The van der Waals surface area contributed by atoms with Crippen LogP contribution >= 0.6 is 15.9 Å². The van der Waals surface area contributed by atoms with Gasteiger partial charge in [0.05, 0.1) is 24.6 Å². The number of hydrogen-bond acceptors (Lipinski definition) is 7. The van der Waals surface area contributed by atoms with Crippen LogP contribution in [0.25, 0.3) is 0 Å². The second-order valence-corrected chi connectivity index (χ2v) is 6.76. The predicted octanol–water partition coefficient (Wildman–Crippen LogP) is 3.41. The molecule has 7 nitrogen and oxygen atoms in total. The third-order valence-electron chi connectivity index (χ3n) is 4.50. The van der Waals surface area contributed by atoms with Gasteiger partial charge in [0.25, 0.3) is 0 Å². The number of nitrogens with zero attached hydrogens (tertiary/aromatic N) is 1. The molecule has 0 unspecified atom stereocenters. The number of fused-ring (bicyclic) bond motifs is 2. The molecular formula is C19H15BrN2O5. The minimum atomic E-state index is -0.454. The Kier molecular flexibility index (Phi) is 4.24. The Hall–Kier alpha value is -3.05. The van der Waals surface area contributed by atoms with Crippen LogP contribution in [-0.2, 0) is 0 Å². The van der Waals surface area contributed by atoms with Gasteiger partial charge < -0.3 is 29.4 Å². The smallest absolute Gasteiger partial charge is 0.231 e. The number of halogens is 1. The zero-order valence-corrected chi connectivity index (χ0v) is 16.1. The lowest BCUT2D eigenvalue weighted by Gasteiger charge is -2.27. The Morgan fingerprint density at radius 1 is 1.11 bits per heavy atom. The third kappa shape index (κ3) is 2.71. The van der Waals surface area contributed by atoms with Crippen molar-refractivity contribution in [1.82, 2.24) is 0 Å². The molecule has 8 heteroatoms. The SMILES string of the molecule is COc1cc([C@H]2C(C#N)=C(N)Oc3cc4c(cc32)OCO4)cc(Br)c1OC. The standard InChI is InChI=1S/C19H15BrN2O5/c1-23-16-4-9(3-12(20)18(16)24-2)17-10-5-14-15(26-8-25-14)6-13(10)27-19(22)11(17)7-21/h3-6,17H,8,22H2,1-2H3/t17-/m1/s1. The summed E-state index contributed by atoms with van der Waals surface area (Å²) in [5, 5.41) is 9.72. The van der Waals surface area contributed by atoms with Gasteiger partial charge in [0.15, 0.2) is 23.0 Å². The zero-order valence-electron chi connectivity index (χ0n) is 14.5. The van der Waals surface area contributed by atoms with E-state index in [1.165, 1.54) is 0 Å². The first-order chi connectivity index (χ1) is 13.1. The summed E-state index contributed by atoms with van der Waals surface area (Å²) in [5.41, 5.74) is 7.89. The Bertz CT molecular complexity index is 1010. The fraction of sp³-hybridized carbons (Fsp3) is 0.211. The van der Waals surface area contributed by atoms with Gasteiger partial charge in [-0.1, -0.05) is 0 Å². The van der Waals surface area contributed by atoms with E-state index < -0.39 is 5.92 Å². The van der Waals surface area contributed by atoms with E-state index >= 15 is 0 Å². The van der Waals surface area contributed by atoms with Crippen LogP contribution in [0.2, 0.25) is 0 Å². The molecule has 2 aliphatic rings. The largest absolute Gasteiger partial charge is 0.493 e. The Balaban J connectivity index is 1.94. The van der Waals surface area contributed by atoms with Gasteiger partial charge in [-0.05, 0) is 39.7 Å². The third-order valence-corrected chi connectivity index (χ3v) is 5.09. The van der Waals surface area contributed by atoms with E-state index in [9.17, 15) is 5.26 Å². The second-order valence-electron chi connectivity index (χ2n) is 5.91. The molecule has 4 rings (SSSR count). The highest BCUT2D eigenvalue weighted by Gasteiger charge is 2.34. The average Bonchev–Trinajstić information content (AvgIpc) is 3.11. The van der Waals surface area contributed by atoms with Gasteiger partial charge in [0.2, 0.25) is 12.7 Å². The van der Waals surface area contributed by atoms with Crippen LogP contribution in [0.3, 0.4) is 0 Å². The molecular weight excluding hydrogens is 416 g/mol. The first-order valence-electron chi connectivity index (χ1n) is 8.00. The molecule has 138 valence electrons. The van der Waals surface area contributed by atoms with Gasteiger partial charge >= 0.3 is 0 Å². The molecule has 0 radical (unpaired) electrons. The highest BCUT2D eigenvalue weighted by atomic mass is 79.9.